The Morgan fingerprint density at radius 3 is 2.48 bits per heavy atom. The average molecular weight is 295 g/mol. The lowest BCUT2D eigenvalue weighted by atomic mass is 10.1. The van der Waals surface area contributed by atoms with E-state index in [1.54, 1.807) is 0 Å². The van der Waals surface area contributed by atoms with Crippen LogP contribution < -0.4 is 0 Å². The van der Waals surface area contributed by atoms with Gasteiger partial charge in [-0.25, -0.2) is 0 Å². The Balaban J connectivity index is 2.08. The number of carbonyl (C=O) groups excluding carboxylic acids is 2. The van der Waals surface area contributed by atoms with Crippen LogP contribution >= 0.6 is 0 Å². The van der Waals surface area contributed by atoms with Crippen molar-refractivity contribution in [2.45, 2.75) is 19.0 Å². The molecule has 1 aliphatic heterocycles. The summed E-state index contributed by atoms with van der Waals surface area (Å²) < 4.78 is 37.6. The Hall–Kier alpha value is -2.29. The molecule has 110 valence electrons. The average Bonchev–Trinajstić information content (AvgIpc) is 2.45. The first-order valence-corrected chi connectivity index (χ1v) is 6.36. The molecule has 1 fully saturated rings. The normalized spacial score (nSPS) is 15.4. The highest BCUT2D eigenvalue weighted by Crippen LogP contribution is 2.29. The number of rotatable bonds is 0. The number of halogens is 3. The summed E-state index contributed by atoms with van der Waals surface area (Å²) in [7, 11) is 0. The molecule has 2 rings (SSSR count). The van der Waals surface area contributed by atoms with Gasteiger partial charge in [-0.1, -0.05) is 12.0 Å². The van der Waals surface area contributed by atoms with Crippen molar-refractivity contribution >= 4 is 11.7 Å². The number of alkyl halides is 3. The van der Waals surface area contributed by atoms with Gasteiger partial charge in [0, 0.05) is 37.4 Å². The summed E-state index contributed by atoms with van der Waals surface area (Å²) in [6.07, 6.45) is -3.83. The Kier molecular flexibility index (Phi) is 4.32. The molecule has 0 atom stereocenters. The number of likely N-dealkylation sites (tertiary alicyclic amines) is 1. The van der Waals surface area contributed by atoms with E-state index in [-0.39, 0.29) is 11.3 Å². The fourth-order valence-electron chi connectivity index (χ4n) is 1.94. The number of hydrogen-bond donors (Lipinski definition) is 0. The number of piperidine rings is 1. The van der Waals surface area contributed by atoms with Crippen LogP contribution in [0.5, 0.6) is 0 Å². The molecule has 0 saturated carbocycles. The standard InChI is InChI=1S/C15H12F3NO2/c16-15(17,18)12-3-1-2-11(10-12)4-5-14(21)19-8-6-13(20)7-9-19/h1-3,10H,6-9H2. The second-order valence-corrected chi connectivity index (χ2v) is 4.66. The van der Waals surface area contributed by atoms with E-state index in [4.69, 9.17) is 0 Å². The lowest BCUT2D eigenvalue weighted by molar-refractivity contribution is -0.137. The van der Waals surface area contributed by atoms with Gasteiger partial charge in [0.1, 0.15) is 5.78 Å². The number of benzene rings is 1. The molecule has 0 aliphatic carbocycles. The third kappa shape index (κ3) is 4.09. The van der Waals surface area contributed by atoms with Crippen molar-refractivity contribution in [3.8, 4) is 11.8 Å². The van der Waals surface area contributed by atoms with Crippen LogP contribution in [0.1, 0.15) is 24.0 Å². The van der Waals surface area contributed by atoms with Crippen LogP contribution in [0, 0.1) is 11.8 Å². The summed E-state index contributed by atoms with van der Waals surface area (Å²) >= 11 is 0. The van der Waals surface area contributed by atoms with E-state index >= 15 is 0 Å². The highest BCUT2D eigenvalue weighted by atomic mass is 19.4. The molecule has 1 saturated heterocycles. The van der Waals surface area contributed by atoms with Crippen LogP contribution in [0.3, 0.4) is 0 Å². The molecule has 1 aliphatic rings. The minimum atomic E-state index is -4.44. The predicted octanol–water partition coefficient (Wildman–Crippen LogP) is 2.25. The van der Waals surface area contributed by atoms with Crippen molar-refractivity contribution in [1.82, 2.24) is 4.90 Å². The highest BCUT2D eigenvalue weighted by Gasteiger charge is 2.30. The van der Waals surface area contributed by atoms with Crippen LogP contribution in [-0.2, 0) is 15.8 Å². The molecule has 1 amide bonds. The summed E-state index contributed by atoms with van der Waals surface area (Å²) in [6, 6.07) is 4.51. The van der Waals surface area contributed by atoms with Crippen molar-refractivity contribution in [1.29, 1.82) is 0 Å². The van der Waals surface area contributed by atoms with Crippen molar-refractivity contribution in [2.24, 2.45) is 0 Å². The zero-order valence-electron chi connectivity index (χ0n) is 11.0. The highest BCUT2D eigenvalue weighted by molar-refractivity contribution is 5.95. The molecule has 0 N–H and O–H groups in total. The zero-order chi connectivity index (χ0) is 15.5. The molecule has 0 bridgehead atoms. The van der Waals surface area contributed by atoms with E-state index in [0.717, 1.165) is 12.1 Å². The molecule has 0 unspecified atom stereocenters. The predicted molar refractivity (Wildman–Crippen MR) is 69.1 cm³/mol. The van der Waals surface area contributed by atoms with Gasteiger partial charge >= 0.3 is 6.18 Å². The molecule has 0 radical (unpaired) electrons. The van der Waals surface area contributed by atoms with Crippen molar-refractivity contribution in [2.75, 3.05) is 13.1 Å². The first-order chi connectivity index (χ1) is 9.86. The second kappa shape index (κ2) is 6.00. The smallest absolute Gasteiger partial charge is 0.331 e. The molecule has 0 spiro atoms. The van der Waals surface area contributed by atoms with Crippen molar-refractivity contribution < 1.29 is 22.8 Å². The van der Waals surface area contributed by atoms with Crippen LogP contribution in [0.25, 0.3) is 0 Å². The Morgan fingerprint density at radius 2 is 1.86 bits per heavy atom. The van der Waals surface area contributed by atoms with Crippen LogP contribution in [-0.4, -0.2) is 29.7 Å². The van der Waals surface area contributed by atoms with E-state index in [1.807, 2.05) is 0 Å². The van der Waals surface area contributed by atoms with E-state index in [1.165, 1.54) is 17.0 Å². The molecule has 6 heteroatoms. The Bertz CT molecular complexity index is 616. The van der Waals surface area contributed by atoms with Gasteiger partial charge in [0.15, 0.2) is 0 Å². The first kappa shape index (κ1) is 15.1. The van der Waals surface area contributed by atoms with Gasteiger partial charge in [-0.2, -0.15) is 13.2 Å². The molecular formula is C15H12F3NO2. The van der Waals surface area contributed by atoms with Crippen LogP contribution in [0.2, 0.25) is 0 Å². The van der Waals surface area contributed by atoms with Crippen molar-refractivity contribution in [3.05, 3.63) is 35.4 Å². The zero-order valence-corrected chi connectivity index (χ0v) is 11.0. The maximum absolute atomic E-state index is 12.5. The summed E-state index contributed by atoms with van der Waals surface area (Å²) in [5.74, 6) is 4.39. The molecule has 1 heterocycles. The molecule has 21 heavy (non-hydrogen) atoms. The maximum Gasteiger partial charge on any atom is 0.416 e. The minimum Gasteiger partial charge on any atom is -0.331 e. The van der Waals surface area contributed by atoms with Crippen LogP contribution in [0.4, 0.5) is 13.2 Å². The minimum absolute atomic E-state index is 0.102. The van der Waals surface area contributed by atoms with Gasteiger partial charge in [0.05, 0.1) is 5.56 Å². The summed E-state index contributed by atoms with van der Waals surface area (Å²) in [6.45, 7) is 0.629. The summed E-state index contributed by atoms with van der Waals surface area (Å²) in [5, 5.41) is 0. The van der Waals surface area contributed by atoms with Gasteiger partial charge < -0.3 is 4.90 Å². The topological polar surface area (TPSA) is 37.4 Å². The monoisotopic (exact) mass is 295 g/mol. The quantitative estimate of drug-likeness (QED) is 0.688. The lowest BCUT2D eigenvalue weighted by Crippen LogP contribution is -2.37. The molecule has 3 nitrogen and oxygen atoms in total. The first-order valence-electron chi connectivity index (χ1n) is 6.36. The third-order valence-corrected chi connectivity index (χ3v) is 3.11. The number of Topliss-reactive ketones (excluding diaryl/α,β-unsaturated/α-hetero) is 1. The summed E-state index contributed by atoms with van der Waals surface area (Å²) in [5.41, 5.74) is -0.670. The summed E-state index contributed by atoms with van der Waals surface area (Å²) in [4.78, 5) is 24.3. The molecule has 1 aromatic carbocycles. The molecule has 1 aromatic rings. The van der Waals surface area contributed by atoms with E-state index < -0.39 is 17.6 Å². The van der Waals surface area contributed by atoms with Crippen LogP contribution in [0.15, 0.2) is 24.3 Å². The van der Waals surface area contributed by atoms with Gasteiger partial charge in [-0.05, 0) is 18.2 Å². The number of nitrogens with zero attached hydrogens (tertiary/aromatic N) is 1. The maximum atomic E-state index is 12.5. The Labute approximate surface area is 119 Å². The van der Waals surface area contributed by atoms with Gasteiger partial charge in [-0.15, -0.1) is 0 Å². The SMILES string of the molecule is O=C1CCN(C(=O)C#Cc2cccc(C(F)(F)F)c2)CC1. The fraction of sp³-hybridized carbons (Fsp3) is 0.333. The molecule has 0 aromatic heterocycles. The number of ketones is 1. The Morgan fingerprint density at radius 1 is 1.19 bits per heavy atom. The number of carbonyl (C=O) groups is 2. The van der Waals surface area contributed by atoms with Gasteiger partial charge in [0.2, 0.25) is 0 Å². The largest absolute Gasteiger partial charge is 0.416 e. The van der Waals surface area contributed by atoms with Gasteiger partial charge in [-0.3, -0.25) is 9.59 Å². The second-order valence-electron chi connectivity index (χ2n) is 4.66. The van der Waals surface area contributed by atoms with E-state index in [9.17, 15) is 22.8 Å². The van der Waals surface area contributed by atoms with E-state index in [2.05, 4.69) is 11.8 Å². The molecular weight excluding hydrogens is 283 g/mol. The van der Waals surface area contributed by atoms with E-state index in [0.29, 0.717) is 25.9 Å². The lowest BCUT2D eigenvalue weighted by Gasteiger charge is -2.23. The third-order valence-electron chi connectivity index (χ3n) is 3.11. The van der Waals surface area contributed by atoms with Gasteiger partial charge in [0.25, 0.3) is 5.91 Å². The van der Waals surface area contributed by atoms with Crippen molar-refractivity contribution in [3.63, 3.8) is 0 Å². The fourth-order valence-corrected chi connectivity index (χ4v) is 1.94. The number of hydrogen-bond acceptors (Lipinski definition) is 2. The number of amides is 1.